The lowest BCUT2D eigenvalue weighted by Crippen LogP contribution is -1.97. The molecule has 4 nitrogen and oxygen atoms in total. The molecule has 0 radical (unpaired) electrons. The second kappa shape index (κ2) is 4.43. The third-order valence-electron chi connectivity index (χ3n) is 1.70. The van der Waals surface area contributed by atoms with Crippen LogP contribution in [0.4, 0.5) is 5.69 Å². The Morgan fingerprint density at radius 2 is 2.38 bits per heavy atom. The predicted molar refractivity (Wildman–Crippen MR) is 48.8 cm³/mol. The summed E-state index contributed by atoms with van der Waals surface area (Å²) in [5.74, 6) is 0. The summed E-state index contributed by atoms with van der Waals surface area (Å²) in [6.45, 7) is 0.153. The Morgan fingerprint density at radius 1 is 1.62 bits per heavy atom. The number of rotatable bonds is 3. The van der Waals surface area contributed by atoms with Gasteiger partial charge in [0.15, 0.2) is 5.69 Å². The van der Waals surface area contributed by atoms with Crippen molar-refractivity contribution in [2.75, 3.05) is 12.3 Å². The molecule has 0 aromatic carbocycles. The maximum Gasteiger partial charge on any atom is 0.163 e. The van der Waals surface area contributed by atoms with E-state index in [-0.39, 0.29) is 12.3 Å². The molecule has 0 aliphatic carbocycles. The molecule has 0 aliphatic heterocycles. The van der Waals surface area contributed by atoms with E-state index in [1.54, 1.807) is 12.3 Å². The van der Waals surface area contributed by atoms with Crippen LogP contribution < -0.4 is 5.73 Å². The minimum atomic E-state index is 0.153. The first kappa shape index (κ1) is 9.49. The van der Waals surface area contributed by atoms with Gasteiger partial charge in [0.1, 0.15) is 6.07 Å². The van der Waals surface area contributed by atoms with Crippen LogP contribution in [0.15, 0.2) is 12.3 Å². The van der Waals surface area contributed by atoms with Crippen molar-refractivity contribution in [2.45, 2.75) is 12.8 Å². The first-order valence-electron chi connectivity index (χ1n) is 4.03. The molecule has 68 valence electrons. The Labute approximate surface area is 76.6 Å². The predicted octanol–water partition coefficient (Wildman–Crippen LogP) is 0.460. The lowest BCUT2D eigenvalue weighted by molar-refractivity contribution is 0.288. The molecular weight excluding hydrogens is 166 g/mol. The number of nitriles is 1. The molecule has 0 bridgehead atoms. The fraction of sp³-hybridized carbons (Fsp3) is 0.333. The molecule has 4 heteroatoms. The van der Waals surface area contributed by atoms with Crippen LogP contribution in [0.2, 0.25) is 0 Å². The van der Waals surface area contributed by atoms with Gasteiger partial charge in [0, 0.05) is 12.8 Å². The molecular formula is C9H11N3O. The molecule has 0 aliphatic rings. The summed E-state index contributed by atoms with van der Waals surface area (Å²) in [5.41, 5.74) is 7.16. The summed E-state index contributed by atoms with van der Waals surface area (Å²) >= 11 is 0. The van der Waals surface area contributed by atoms with Gasteiger partial charge < -0.3 is 10.8 Å². The third kappa shape index (κ3) is 2.42. The second-order valence-electron chi connectivity index (χ2n) is 2.72. The van der Waals surface area contributed by atoms with Crippen LogP contribution in [-0.4, -0.2) is 16.7 Å². The van der Waals surface area contributed by atoms with Gasteiger partial charge in [0.05, 0.1) is 5.69 Å². The number of aliphatic hydroxyl groups is 1. The third-order valence-corrected chi connectivity index (χ3v) is 1.70. The SMILES string of the molecule is N#Cc1ncc(CCCO)cc1N. The van der Waals surface area contributed by atoms with Gasteiger partial charge in [0.2, 0.25) is 0 Å². The van der Waals surface area contributed by atoms with Gasteiger partial charge in [-0.3, -0.25) is 0 Å². The Hall–Kier alpha value is -1.60. The van der Waals surface area contributed by atoms with Gasteiger partial charge in [-0.15, -0.1) is 0 Å². The number of anilines is 1. The van der Waals surface area contributed by atoms with E-state index in [1.165, 1.54) is 0 Å². The van der Waals surface area contributed by atoms with E-state index >= 15 is 0 Å². The van der Waals surface area contributed by atoms with Crippen LogP contribution in [0.5, 0.6) is 0 Å². The molecule has 0 saturated carbocycles. The first-order chi connectivity index (χ1) is 6.27. The second-order valence-corrected chi connectivity index (χ2v) is 2.72. The maximum absolute atomic E-state index is 8.59. The Bertz CT molecular complexity index is 330. The molecule has 0 fully saturated rings. The van der Waals surface area contributed by atoms with Crippen molar-refractivity contribution in [1.29, 1.82) is 5.26 Å². The lowest BCUT2D eigenvalue weighted by Gasteiger charge is -2.01. The zero-order chi connectivity index (χ0) is 9.68. The summed E-state index contributed by atoms with van der Waals surface area (Å²) in [4.78, 5) is 3.88. The molecule has 1 heterocycles. The Kier molecular flexibility index (Phi) is 3.23. The van der Waals surface area contributed by atoms with Crippen LogP contribution in [0.25, 0.3) is 0 Å². The summed E-state index contributed by atoms with van der Waals surface area (Å²) in [6, 6.07) is 3.62. The van der Waals surface area contributed by atoms with Crippen LogP contribution in [-0.2, 0) is 6.42 Å². The Morgan fingerprint density at radius 3 is 2.92 bits per heavy atom. The van der Waals surface area contributed by atoms with Gasteiger partial charge in [-0.05, 0) is 24.5 Å². The number of aryl methyl sites for hydroxylation is 1. The fourth-order valence-corrected chi connectivity index (χ4v) is 1.04. The van der Waals surface area contributed by atoms with Crippen LogP contribution in [0.1, 0.15) is 17.7 Å². The maximum atomic E-state index is 8.59. The molecule has 1 rings (SSSR count). The van der Waals surface area contributed by atoms with E-state index in [9.17, 15) is 0 Å². The molecule has 0 amide bonds. The number of hydrogen-bond acceptors (Lipinski definition) is 4. The highest BCUT2D eigenvalue weighted by atomic mass is 16.2. The minimum Gasteiger partial charge on any atom is -0.396 e. The van der Waals surface area contributed by atoms with E-state index in [4.69, 9.17) is 16.1 Å². The lowest BCUT2D eigenvalue weighted by atomic mass is 10.1. The van der Waals surface area contributed by atoms with E-state index in [2.05, 4.69) is 4.98 Å². The highest BCUT2D eigenvalue weighted by molar-refractivity contribution is 5.50. The number of aliphatic hydroxyl groups excluding tert-OH is 1. The fourth-order valence-electron chi connectivity index (χ4n) is 1.04. The van der Waals surface area contributed by atoms with E-state index in [0.29, 0.717) is 12.1 Å². The van der Waals surface area contributed by atoms with Gasteiger partial charge in [-0.25, -0.2) is 4.98 Å². The van der Waals surface area contributed by atoms with Crippen LogP contribution in [0, 0.1) is 11.3 Å². The number of nitrogen functional groups attached to an aromatic ring is 1. The highest BCUT2D eigenvalue weighted by Gasteiger charge is 2.00. The number of aromatic nitrogens is 1. The largest absolute Gasteiger partial charge is 0.396 e. The van der Waals surface area contributed by atoms with Crippen LogP contribution >= 0.6 is 0 Å². The van der Waals surface area contributed by atoms with Crippen LogP contribution in [0.3, 0.4) is 0 Å². The summed E-state index contributed by atoms with van der Waals surface area (Å²) in [7, 11) is 0. The standard InChI is InChI=1S/C9H11N3O/c10-5-9-8(11)4-7(6-12-9)2-1-3-13/h4,6,13H,1-3,11H2. The van der Waals surface area contributed by atoms with Crippen molar-refractivity contribution in [3.8, 4) is 6.07 Å². The number of pyridine rings is 1. The average Bonchev–Trinajstić information content (AvgIpc) is 2.15. The number of hydrogen-bond donors (Lipinski definition) is 2. The van der Waals surface area contributed by atoms with Gasteiger partial charge in [-0.1, -0.05) is 0 Å². The smallest absolute Gasteiger partial charge is 0.163 e. The van der Waals surface area contributed by atoms with Gasteiger partial charge >= 0.3 is 0 Å². The normalized spacial score (nSPS) is 9.54. The molecule has 3 N–H and O–H groups in total. The van der Waals surface area contributed by atoms with Crippen molar-refractivity contribution in [3.63, 3.8) is 0 Å². The minimum absolute atomic E-state index is 0.153. The van der Waals surface area contributed by atoms with E-state index in [0.717, 1.165) is 12.0 Å². The molecule has 1 aromatic rings. The average molecular weight is 177 g/mol. The molecule has 1 aromatic heterocycles. The van der Waals surface area contributed by atoms with Crippen molar-refractivity contribution < 1.29 is 5.11 Å². The van der Waals surface area contributed by atoms with Gasteiger partial charge in [0.25, 0.3) is 0 Å². The molecule has 0 saturated heterocycles. The summed E-state index contributed by atoms with van der Waals surface area (Å²) in [6.07, 6.45) is 3.04. The topological polar surface area (TPSA) is 82.9 Å². The van der Waals surface area contributed by atoms with E-state index in [1.807, 2.05) is 6.07 Å². The van der Waals surface area contributed by atoms with E-state index < -0.39 is 0 Å². The van der Waals surface area contributed by atoms with Crippen molar-refractivity contribution in [1.82, 2.24) is 4.98 Å². The van der Waals surface area contributed by atoms with Crippen molar-refractivity contribution in [2.24, 2.45) is 0 Å². The quantitative estimate of drug-likeness (QED) is 0.702. The summed E-state index contributed by atoms with van der Waals surface area (Å²) < 4.78 is 0. The van der Waals surface area contributed by atoms with Crippen molar-refractivity contribution >= 4 is 5.69 Å². The zero-order valence-electron chi connectivity index (χ0n) is 7.20. The zero-order valence-corrected chi connectivity index (χ0v) is 7.20. The molecule has 13 heavy (non-hydrogen) atoms. The Balaban J connectivity index is 2.79. The molecule has 0 unspecified atom stereocenters. The monoisotopic (exact) mass is 177 g/mol. The highest BCUT2D eigenvalue weighted by Crippen LogP contribution is 2.11. The number of nitrogens with zero attached hydrogens (tertiary/aromatic N) is 2. The van der Waals surface area contributed by atoms with Gasteiger partial charge in [-0.2, -0.15) is 5.26 Å². The molecule has 0 spiro atoms. The molecule has 0 atom stereocenters. The van der Waals surface area contributed by atoms with Crippen molar-refractivity contribution in [3.05, 3.63) is 23.5 Å². The summed E-state index contributed by atoms with van der Waals surface area (Å²) in [5, 5.41) is 17.1. The first-order valence-corrected chi connectivity index (χ1v) is 4.03. The number of nitrogens with two attached hydrogens (primary N) is 1.